The molecule has 1 aromatic heterocycles. The van der Waals surface area contributed by atoms with Crippen molar-refractivity contribution in [2.24, 2.45) is 0 Å². The highest BCUT2D eigenvalue weighted by atomic mass is 16.5. The molecular formula is C12H13N3O3. The van der Waals surface area contributed by atoms with Gasteiger partial charge in [0.25, 0.3) is 0 Å². The second-order valence-electron chi connectivity index (χ2n) is 3.93. The van der Waals surface area contributed by atoms with Gasteiger partial charge in [0.1, 0.15) is 5.75 Å². The third kappa shape index (κ3) is 2.65. The molecule has 0 aliphatic rings. The molecule has 2 rings (SSSR count). The zero-order valence-corrected chi connectivity index (χ0v) is 10.1. The van der Waals surface area contributed by atoms with E-state index in [-0.39, 0.29) is 18.2 Å². The maximum absolute atomic E-state index is 11.1. The molecule has 0 bridgehead atoms. The van der Waals surface area contributed by atoms with E-state index in [1.165, 1.54) is 11.8 Å². The zero-order chi connectivity index (χ0) is 13.1. The molecule has 0 atom stereocenters. The SMILES string of the molecule is CC(=O)N(C)Cc1nc(-c2ccc(O)cc2)no1. The normalized spacial score (nSPS) is 10.3. The van der Waals surface area contributed by atoms with Crippen molar-refractivity contribution in [2.75, 3.05) is 7.05 Å². The summed E-state index contributed by atoms with van der Waals surface area (Å²) >= 11 is 0. The summed E-state index contributed by atoms with van der Waals surface area (Å²) < 4.78 is 5.05. The topological polar surface area (TPSA) is 79.5 Å². The maximum atomic E-state index is 11.1. The molecule has 6 heteroatoms. The molecule has 0 fully saturated rings. The summed E-state index contributed by atoms with van der Waals surface area (Å²) in [6.07, 6.45) is 0. The zero-order valence-electron chi connectivity index (χ0n) is 10.1. The van der Waals surface area contributed by atoms with E-state index in [0.29, 0.717) is 11.7 Å². The number of carbonyl (C=O) groups is 1. The van der Waals surface area contributed by atoms with Crippen LogP contribution in [-0.4, -0.2) is 33.1 Å². The van der Waals surface area contributed by atoms with Crippen LogP contribution in [0.1, 0.15) is 12.8 Å². The lowest BCUT2D eigenvalue weighted by Crippen LogP contribution is -2.23. The van der Waals surface area contributed by atoms with Crippen LogP contribution in [0.25, 0.3) is 11.4 Å². The van der Waals surface area contributed by atoms with E-state index < -0.39 is 0 Å². The lowest BCUT2D eigenvalue weighted by Gasteiger charge is -2.10. The maximum Gasteiger partial charge on any atom is 0.246 e. The first-order valence-corrected chi connectivity index (χ1v) is 5.40. The second kappa shape index (κ2) is 4.87. The number of phenols is 1. The van der Waals surface area contributed by atoms with Crippen molar-refractivity contribution >= 4 is 5.91 Å². The van der Waals surface area contributed by atoms with E-state index in [0.717, 1.165) is 5.56 Å². The molecule has 1 aromatic carbocycles. The van der Waals surface area contributed by atoms with Gasteiger partial charge in [-0.2, -0.15) is 4.98 Å². The highest BCUT2D eigenvalue weighted by molar-refractivity contribution is 5.72. The minimum atomic E-state index is -0.0700. The fourth-order valence-electron chi connectivity index (χ4n) is 1.36. The predicted octanol–water partition coefficient (Wildman–Crippen LogP) is 1.42. The number of benzene rings is 1. The van der Waals surface area contributed by atoms with Gasteiger partial charge in [0.2, 0.25) is 17.6 Å². The summed E-state index contributed by atoms with van der Waals surface area (Å²) in [6.45, 7) is 1.75. The predicted molar refractivity (Wildman–Crippen MR) is 63.5 cm³/mol. The fourth-order valence-corrected chi connectivity index (χ4v) is 1.36. The van der Waals surface area contributed by atoms with Crippen molar-refractivity contribution in [3.8, 4) is 17.1 Å². The molecule has 6 nitrogen and oxygen atoms in total. The Hall–Kier alpha value is -2.37. The highest BCUT2D eigenvalue weighted by Gasteiger charge is 2.11. The summed E-state index contributed by atoms with van der Waals surface area (Å²) in [5.41, 5.74) is 0.744. The summed E-state index contributed by atoms with van der Waals surface area (Å²) in [5.74, 6) is 0.913. The summed E-state index contributed by atoms with van der Waals surface area (Å²) in [7, 11) is 1.66. The van der Waals surface area contributed by atoms with Crippen molar-refractivity contribution < 1.29 is 14.4 Å². The first kappa shape index (κ1) is 12.1. The number of nitrogens with zero attached hydrogens (tertiary/aromatic N) is 3. The lowest BCUT2D eigenvalue weighted by atomic mass is 10.2. The monoisotopic (exact) mass is 247 g/mol. The van der Waals surface area contributed by atoms with E-state index >= 15 is 0 Å². The van der Waals surface area contributed by atoms with Gasteiger partial charge in [0, 0.05) is 19.5 Å². The van der Waals surface area contributed by atoms with Gasteiger partial charge in [-0.3, -0.25) is 4.79 Å². The van der Waals surface area contributed by atoms with Crippen LogP contribution in [0.4, 0.5) is 0 Å². The van der Waals surface area contributed by atoms with Gasteiger partial charge in [-0.1, -0.05) is 5.16 Å². The number of carbonyl (C=O) groups excluding carboxylic acids is 1. The molecule has 18 heavy (non-hydrogen) atoms. The molecule has 0 spiro atoms. The van der Waals surface area contributed by atoms with Crippen LogP contribution in [-0.2, 0) is 11.3 Å². The van der Waals surface area contributed by atoms with Crippen LogP contribution in [0.5, 0.6) is 5.75 Å². The van der Waals surface area contributed by atoms with Gasteiger partial charge >= 0.3 is 0 Å². The van der Waals surface area contributed by atoms with Gasteiger partial charge in [-0.15, -0.1) is 0 Å². The van der Waals surface area contributed by atoms with E-state index in [2.05, 4.69) is 10.1 Å². The molecule has 0 aliphatic heterocycles. The Morgan fingerprint density at radius 2 is 2.06 bits per heavy atom. The van der Waals surface area contributed by atoms with E-state index in [1.54, 1.807) is 31.3 Å². The number of amides is 1. The number of hydrogen-bond acceptors (Lipinski definition) is 5. The quantitative estimate of drug-likeness (QED) is 0.887. The lowest BCUT2D eigenvalue weighted by molar-refractivity contribution is -0.128. The Morgan fingerprint density at radius 1 is 1.39 bits per heavy atom. The average Bonchev–Trinajstić information content (AvgIpc) is 2.78. The standard InChI is InChI=1S/C12H13N3O3/c1-8(16)15(2)7-11-13-12(14-18-11)9-3-5-10(17)6-4-9/h3-6,17H,7H2,1-2H3. The van der Waals surface area contributed by atoms with Crippen LogP contribution >= 0.6 is 0 Å². The number of rotatable bonds is 3. The second-order valence-corrected chi connectivity index (χ2v) is 3.93. The summed E-state index contributed by atoms with van der Waals surface area (Å²) in [6, 6.07) is 6.48. The third-order valence-electron chi connectivity index (χ3n) is 2.50. The molecule has 1 heterocycles. The highest BCUT2D eigenvalue weighted by Crippen LogP contribution is 2.19. The van der Waals surface area contributed by atoms with Gasteiger partial charge in [0.15, 0.2) is 0 Å². The van der Waals surface area contributed by atoms with Crippen LogP contribution in [0.2, 0.25) is 0 Å². The van der Waals surface area contributed by atoms with Crippen LogP contribution in [0, 0.1) is 0 Å². The Morgan fingerprint density at radius 3 is 2.67 bits per heavy atom. The number of hydrogen-bond donors (Lipinski definition) is 1. The minimum Gasteiger partial charge on any atom is -0.508 e. The van der Waals surface area contributed by atoms with Crippen molar-refractivity contribution in [3.05, 3.63) is 30.2 Å². The number of phenolic OH excluding ortho intramolecular Hbond substituents is 1. The largest absolute Gasteiger partial charge is 0.508 e. The van der Waals surface area contributed by atoms with E-state index in [9.17, 15) is 9.90 Å². The van der Waals surface area contributed by atoms with Crippen molar-refractivity contribution in [1.82, 2.24) is 15.0 Å². The van der Waals surface area contributed by atoms with Crippen molar-refractivity contribution in [1.29, 1.82) is 0 Å². The molecule has 0 unspecified atom stereocenters. The molecular weight excluding hydrogens is 234 g/mol. The Bertz CT molecular complexity index is 548. The molecule has 2 aromatic rings. The van der Waals surface area contributed by atoms with Gasteiger partial charge in [-0.25, -0.2) is 0 Å². The van der Waals surface area contributed by atoms with E-state index in [4.69, 9.17) is 4.52 Å². The van der Waals surface area contributed by atoms with E-state index in [1.807, 2.05) is 0 Å². The van der Waals surface area contributed by atoms with Crippen LogP contribution in [0.3, 0.4) is 0 Å². The number of aromatic nitrogens is 2. The molecule has 0 saturated heterocycles. The summed E-state index contributed by atoms with van der Waals surface area (Å²) in [5, 5.41) is 13.0. The molecule has 94 valence electrons. The molecule has 1 amide bonds. The third-order valence-corrected chi connectivity index (χ3v) is 2.50. The Kier molecular flexibility index (Phi) is 3.27. The Balaban J connectivity index is 2.15. The van der Waals surface area contributed by atoms with Crippen molar-refractivity contribution in [3.63, 3.8) is 0 Å². The molecule has 0 aliphatic carbocycles. The first-order chi connectivity index (χ1) is 8.56. The van der Waals surface area contributed by atoms with Gasteiger partial charge < -0.3 is 14.5 Å². The van der Waals surface area contributed by atoms with Crippen molar-refractivity contribution in [2.45, 2.75) is 13.5 Å². The molecule has 1 N–H and O–H groups in total. The molecule has 0 saturated carbocycles. The Labute approximate surface area is 104 Å². The number of aromatic hydroxyl groups is 1. The minimum absolute atomic E-state index is 0.0700. The fraction of sp³-hybridized carbons (Fsp3) is 0.250. The first-order valence-electron chi connectivity index (χ1n) is 5.40. The van der Waals surface area contributed by atoms with Gasteiger partial charge in [0.05, 0.1) is 6.54 Å². The molecule has 0 radical (unpaired) electrons. The smallest absolute Gasteiger partial charge is 0.246 e. The summed E-state index contributed by atoms with van der Waals surface area (Å²) in [4.78, 5) is 16.7. The van der Waals surface area contributed by atoms with Gasteiger partial charge in [-0.05, 0) is 24.3 Å². The average molecular weight is 247 g/mol. The van der Waals surface area contributed by atoms with Crippen LogP contribution < -0.4 is 0 Å². The van der Waals surface area contributed by atoms with Crippen LogP contribution in [0.15, 0.2) is 28.8 Å².